The van der Waals surface area contributed by atoms with Crippen LogP contribution in [0.4, 0.5) is 4.79 Å². The number of alkyl halides is 1. The van der Waals surface area contributed by atoms with E-state index in [1.807, 2.05) is 30.3 Å². The fourth-order valence-electron chi connectivity index (χ4n) is 0.952. The van der Waals surface area contributed by atoms with Crippen molar-refractivity contribution in [1.29, 1.82) is 0 Å². The summed E-state index contributed by atoms with van der Waals surface area (Å²) in [4.78, 5) is 11.0. The van der Waals surface area contributed by atoms with Crippen LogP contribution >= 0.6 is 22.6 Å². The Kier molecular flexibility index (Phi) is 5.36. The quantitative estimate of drug-likeness (QED) is 0.685. The highest BCUT2D eigenvalue weighted by molar-refractivity contribution is 14.1. The van der Waals surface area contributed by atoms with E-state index >= 15 is 0 Å². The molecule has 1 N–H and O–H groups in total. The van der Waals surface area contributed by atoms with Gasteiger partial charge in [0.15, 0.2) is 0 Å². The van der Waals surface area contributed by atoms with Gasteiger partial charge in [-0.2, -0.15) is 0 Å². The van der Waals surface area contributed by atoms with Crippen molar-refractivity contribution in [2.75, 3.05) is 11.0 Å². The molecule has 0 radical (unpaired) electrons. The third-order valence-electron chi connectivity index (χ3n) is 1.59. The van der Waals surface area contributed by atoms with Gasteiger partial charge in [-0.3, -0.25) is 0 Å². The minimum absolute atomic E-state index is 0.356. The van der Waals surface area contributed by atoms with Crippen molar-refractivity contribution in [2.24, 2.45) is 0 Å². The molecule has 0 spiro atoms. The standard InChI is InChI=1S/C10H12INO2/c11-6-7-14-10(13)12-8-9-4-2-1-3-5-9/h1-5H,6-8H2,(H,12,13). The van der Waals surface area contributed by atoms with Gasteiger partial charge in [-0.05, 0) is 5.56 Å². The average molecular weight is 305 g/mol. The third kappa shape index (κ3) is 4.45. The van der Waals surface area contributed by atoms with Gasteiger partial charge in [0.1, 0.15) is 6.61 Å². The summed E-state index contributed by atoms with van der Waals surface area (Å²) in [5, 5.41) is 2.67. The van der Waals surface area contributed by atoms with Crippen molar-refractivity contribution in [3.63, 3.8) is 0 Å². The highest BCUT2D eigenvalue weighted by atomic mass is 127. The molecule has 0 aliphatic carbocycles. The number of amides is 1. The van der Waals surface area contributed by atoms with Crippen LogP contribution in [0.15, 0.2) is 30.3 Å². The normalized spacial score (nSPS) is 9.50. The zero-order chi connectivity index (χ0) is 10.2. The Balaban J connectivity index is 2.24. The number of hydrogen-bond donors (Lipinski definition) is 1. The van der Waals surface area contributed by atoms with Gasteiger partial charge >= 0.3 is 6.09 Å². The summed E-state index contributed by atoms with van der Waals surface area (Å²) in [5.74, 6) is 0. The van der Waals surface area contributed by atoms with Crippen LogP contribution in [0.3, 0.4) is 0 Å². The van der Waals surface area contributed by atoms with Crippen LogP contribution in [0, 0.1) is 0 Å². The Morgan fingerprint density at radius 2 is 2.07 bits per heavy atom. The van der Waals surface area contributed by atoms with Crippen molar-refractivity contribution in [3.05, 3.63) is 35.9 Å². The van der Waals surface area contributed by atoms with E-state index in [0.717, 1.165) is 9.99 Å². The van der Waals surface area contributed by atoms with Gasteiger partial charge in [-0.1, -0.05) is 52.9 Å². The number of benzene rings is 1. The van der Waals surface area contributed by atoms with E-state index in [9.17, 15) is 4.79 Å². The molecule has 0 unspecified atom stereocenters. The summed E-state index contributed by atoms with van der Waals surface area (Å²) >= 11 is 2.16. The Morgan fingerprint density at radius 1 is 1.36 bits per heavy atom. The second-order valence-corrected chi connectivity index (χ2v) is 3.74. The molecule has 1 aromatic carbocycles. The molecule has 0 atom stereocenters. The van der Waals surface area contributed by atoms with Crippen molar-refractivity contribution < 1.29 is 9.53 Å². The molecule has 14 heavy (non-hydrogen) atoms. The molecule has 0 saturated carbocycles. The van der Waals surface area contributed by atoms with Gasteiger partial charge in [0, 0.05) is 11.0 Å². The summed E-state index contributed by atoms with van der Waals surface area (Å²) in [6.45, 7) is 0.974. The summed E-state index contributed by atoms with van der Waals surface area (Å²) in [6.07, 6.45) is -0.356. The first kappa shape index (κ1) is 11.3. The fraction of sp³-hybridized carbons (Fsp3) is 0.300. The van der Waals surface area contributed by atoms with Gasteiger partial charge in [0.05, 0.1) is 0 Å². The van der Waals surface area contributed by atoms with Crippen molar-refractivity contribution in [1.82, 2.24) is 5.32 Å². The molecular weight excluding hydrogens is 293 g/mol. The first-order valence-electron chi connectivity index (χ1n) is 4.33. The van der Waals surface area contributed by atoms with Crippen LogP contribution in [-0.2, 0) is 11.3 Å². The average Bonchev–Trinajstić information content (AvgIpc) is 2.25. The molecule has 0 fully saturated rings. The van der Waals surface area contributed by atoms with Gasteiger partial charge in [0.2, 0.25) is 0 Å². The van der Waals surface area contributed by atoms with Gasteiger partial charge in [-0.25, -0.2) is 4.79 Å². The minimum atomic E-state index is -0.356. The molecule has 0 aromatic heterocycles. The molecule has 1 rings (SSSR count). The molecule has 3 nitrogen and oxygen atoms in total. The predicted molar refractivity (Wildman–Crippen MR) is 63.5 cm³/mol. The van der Waals surface area contributed by atoms with Gasteiger partial charge in [0.25, 0.3) is 0 Å². The smallest absolute Gasteiger partial charge is 0.407 e. The Bertz CT molecular complexity index is 277. The molecule has 0 aliphatic heterocycles. The zero-order valence-corrected chi connectivity index (χ0v) is 9.86. The lowest BCUT2D eigenvalue weighted by Crippen LogP contribution is -2.24. The van der Waals surface area contributed by atoms with Gasteiger partial charge < -0.3 is 10.1 Å². The van der Waals surface area contributed by atoms with Crippen molar-refractivity contribution in [3.8, 4) is 0 Å². The van der Waals surface area contributed by atoms with E-state index in [-0.39, 0.29) is 6.09 Å². The SMILES string of the molecule is O=C(NCc1ccccc1)OCCI. The lowest BCUT2D eigenvalue weighted by molar-refractivity contribution is 0.153. The summed E-state index contributed by atoms with van der Waals surface area (Å²) < 4.78 is 5.67. The molecule has 76 valence electrons. The van der Waals surface area contributed by atoms with Gasteiger partial charge in [-0.15, -0.1) is 0 Å². The second-order valence-electron chi connectivity index (χ2n) is 2.66. The maximum absolute atomic E-state index is 11.0. The number of halogens is 1. The van der Waals surface area contributed by atoms with Crippen LogP contribution in [0.25, 0.3) is 0 Å². The number of rotatable bonds is 4. The molecule has 0 saturated heterocycles. The maximum atomic E-state index is 11.0. The lowest BCUT2D eigenvalue weighted by atomic mass is 10.2. The Hall–Kier alpha value is -0.780. The Labute approximate surface area is 97.0 Å². The topological polar surface area (TPSA) is 38.3 Å². The molecule has 0 aliphatic rings. The zero-order valence-electron chi connectivity index (χ0n) is 7.70. The highest BCUT2D eigenvalue weighted by Gasteiger charge is 1.99. The molecular formula is C10H12INO2. The number of hydrogen-bond acceptors (Lipinski definition) is 2. The molecule has 4 heteroatoms. The fourth-order valence-corrected chi connectivity index (χ4v) is 1.17. The number of alkyl carbamates (subject to hydrolysis) is 1. The van der Waals surface area contributed by atoms with E-state index in [2.05, 4.69) is 27.9 Å². The first-order valence-corrected chi connectivity index (χ1v) is 5.86. The highest BCUT2D eigenvalue weighted by Crippen LogP contribution is 1.97. The molecule has 1 aromatic rings. The summed E-state index contributed by atoms with van der Waals surface area (Å²) in [7, 11) is 0. The Morgan fingerprint density at radius 3 is 2.71 bits per heavy atom. The van der Waals surface area contributed by atoms with Crippen LogP contribution in [-0.4, -0.2) is 17.1 Å². The second kappa shape index (κ2) is 6.64. The van der Waals surface area contributed by atoms with Crippen LogP contribution in [0.1, 0.15) is 5.56 Å². The van der Waals surface area contributed by atoms with E-state index in [1.165, 1.54) is 0 Å². The van der Waals surface area contributed by atoms with Crippen molar-refractivity contribution in [2.45, 2.75) is 6.54 Å². The van der Waals surface area contributed by atoms with Crippen LogP contribution in [0.2, 0.25) is 0 Å². The largest absolute Gasteiger partial charge is 0.449 e. The summed E-state index contributed by atoms with van der Waals surface area (Å²) in [5.41, 5.74) is 1.07. The number of carbonyl (C=O) groups is 1. The van der Waals surface area contributed by atoms with E-state index in [0.29, 0.717) is 13.2 Å². The molecule has 0 heterocycles. The minimum Gasteiger partial charge on any atom is -0.449 e. The summed E-state index contributed by atoms with van der Waals surface area (Å²) in [6, 6.07) is 9.73. The number of carbonyl (C=O) groups excluding carboxylic acids is 1. The van der Waals surface area contributed by atoms with E-state index < -0.39 is 0 Å². The van der Waals surface area contributed by atoms with Crippen LogP contribution in [0.5, 0.6) is 0 Å². The van der Waals surface area contributed by atoms with E-state index in [4.69, 9.17) is 4.74 Å². The first-order chi connectivity index (χ1) is 6.83. The lowest BCUT2D eigenvalue weighted by Gasteiger charge is -2.05. The van der Waals surface area contributed by atoms with E-state index in [1.54, 1.807) is 0 Å². The predicted octanol–water partition coefficient (Wildman–Crippen LogP) is 2.35. The molecule has 0 bridgehead atoms. The monoisotopic (exact) mass is 305 g/mol. The maximum Gasteiger partial charge on any atom is 0.407 e. The number of nitrogens with one attached hydrogen (secondary N) is 1. The molecule has 1 amide bonds. The third-order valence-corrected chi connectivity index (χ3v) is 2.03. The van der Waals surface area contributed by atoms with Crippen LogP contribution < -0.4 is 5.32 Å². The van der Waals surface area contributed by atoms with Crippen molar-refractivity contribution >= 4 is 28.7 Å². The number of ether oxygens (including phenoxy) is 1.